The van der Waals surface area contributed by atoms with Crippen LogP contribution < -0.4 is 4.90 Å². The molecule has 0 spiro atoms. The highest BCUT2D eigenvalue weighted by atomic mass is 35.5. The van der Waals surface area contributed by atoms with Gasteiger partial charge in [0, 0.05) is 35.6 Å². The Hall–Kier alpha value is -2.99. The fraction of sp³-hybridized carbons (Fsp3) is 0.238. The number of halogens is 1. The van der Waals surface area contributed by atoms with Gasteiger partial charge in [0.05, 0.1) is 10.4 Å². The molecule has 2 heterocycles. The average molecular weight is 395 g/mol. The topological polar surface area (TPSA) is 72.2 Å². The number of piperidine rings is 1. The molecule has 1 saturated heterocycles. The number of fused-ring (bicyclic) bond motifs is 1. The van der Waals surface area contributed by atoms with Crippen molar-refractivity contribution >= 4 is 46.2 Å². The van der Waals surface area contributed by atoms with E-state index >= 15 is 0 Å². The second kappa shape index (κ2) is 7.94. The van der Waals surface area contributed by atoms with E-state index in [2.05, 4.69) is 9.88 Å². The Balaban J connectivity index is 1.70. The van der Waals surface area contributed by atoms with Gasteiger partial charge in [-0.1, -0.05) is 17.7 Å². The Morgan fingerprint density at radius 1 is 1.00 bits per heavy atom. The number of non-ortho nitro benzene ring substituents is 1. The molecule has 1 aliphatic rings. The number of nitrogens with zero attached hydrogens (tertiary/aromatic N) is 4. The van der Waals surface area contributed by atoms with Crippen molar-refractivity contribution in [3.63, 3.8) is 0 Å². The van der Waals surface area contributed by atoms with Gasteiger partial charge < -0.3 is 4.90 Å². The first kappa shape index (κ1) is 18.4. The standard InChI is InChI=1S/C21H19ClN4O2/c22-16-7-10-18-19(14-16)23-20(24-21(18)25-12-2-1-3-13-25)11-6-15-4-8-17(9-5-15)26(27)28/h4-11,14H,1-3,12-13H2/b11-6+. The average Bonchev–Trinajstić information content (AvgIpc) is 2.72. The van der Waals surface area contributed by atoms with E-state index in [9.17, 15) is 10.1 Å². The third-order valence-electron chi connectivity index (χ3n) is 4.84. The second-order valence-electron chi connectivity index (χ2n) is 6.80. The highest BCUT2D eigenvalue weighted by Crippen LogP contribution is 2.29. The van der Waals surface area contributed by atoms with E-state index in [1.165, 1.54) is 18.6 Å². The Kier molecular flexibility index (Phi) is 5.21. The molecule has 0 N–H and O–H groups in total. The SMILES string of the molecule is O=[N+]([O-])c1ccc(/C=C/c2nc(N3CCCCC3)c3ccc(Cl)cc3n2)cc1. The van der Waals surface area contributed by atoms with Crippen molar-refractivity contribution in [1.82, 2.24) is 9.97 Å². The number of benzene rings is 2. The zero-order valence-electron chi connectivity index (χ0n) is 15.2. The smallest absolute Gasteiger partial charge is 0.269 e. The van der Waals surface area contributed by atoms with Crippen molar-refractivity contribution in [3.05, 3.63) is 69.0 Å². The summed E-state index contributed by atoms with van der Waals surface area (Å²) in [6.45, 7) is 1.97. The summed E-state index contributed by atoms with van der Waals surface area (Å²) in [6, 6.07) is 12.1. The van der Waals surface area contributed by atoms with Gasteiger partial charge in [0.1, 0.15) is 5.82 Å². The first-order chi connectivity index (χ1) is 13.6. The van der Waals surface area contributed by atoms with Gasteiger partial charge in [0.2, 0.25) is 0 Å². The van der Waals surface area contributed by atoms with E-state index in [1.807, 2.05) is 30.4 Å². The summed E-state index contributed by atoms with van der Waals surface area (Å²) in [5.74, 6) is 1.53. The van der Waals surface area contributed by atoms with Crippen LogP contribution in [0.4, 0.5) is 11.5 Å². The second-order valence-corrected chi connectivity index (χ2v) is 7.23. The Bertz CT molecular complexity index is 1040. The number of rotatable bonds is 4. The Morgan fingerprint density at radius 3 is 2.46 bits per heavy atom. The molecule has 1 aliphatic heterocycles. The molecule has 0 unspecified atom stereocenters. The van der Waals surface area contributed by atoms with Crippen molar-refractivity contribution in [3.8, 4) is 0 Å². The largest absolute Gasteiger partial charge is 0.356 e. The van der Waals surface area contributed by atoms with E-state index in [1.54, 1.807) is 12.1 Å². The molecular weight excluding hydrogens is 376 g/mol. The monoisotopic (exact) mass is 394 g/mol. The van der Waals surface area contributed by atoms with Crippen LogP contribution in [0, 0.1) is 10.1 Å². The van der Waals surface area contributed by atoms with Crippen molar-refractivity contribution in [2.45, 2.75) is 19.3 Å². The molecule has 0 amide bonds. The van der Waals surface area contributed by atoms with Gasteiger partial charge in [0.15, 0.2) is 5.82 Å². The van der Waals surface area contributed by atoms with Crippen molar-refractivity contribution in [2.75, 3.05) is 18.0 Å². The molecule has 6 nitrogen and oxygen atoms in total. The molecule has 0 saturated carbocycles. The van der Waals surface area contributed by atoms with E-state index < -0.39 is 4.92 Å². The van der Waals surface area contributed by atoms with Gasteiger partial charge in [-0.15, -0.1) is 0 Å². The molecule has 142 valence electrons. The maximum absolute atomic E-state index is 10.8. The third-order valence-corrected chi connectivity index (χ3v) is 5.08. The zero-order valence-corrected chi connectivity index (χ0v) is 16.0. The van der Waals surface area contributed by atoms with Crippen LogP contribution in [0.5, 0.6) is 0 Å². The lowest BCUT2D eigenvalue weighted by atomic mass is 10.1. The van der Waals surface area contributed by atoms with E-state index in [0.717, 1.165) is 48.2 Å². The van der Waals surface area contributed by atoms with Crippen molar-refractivity contribution < 1.29 is 4.92 Å². The molecule has 3 aromatic rings. The minimum atomic E-state index is -0.408. The molecule has 0 atom stereocenters. The van der Waals surface area contributed by atoms with E-state index in [-0.39, 0.29) is 5.69 Å². The molecule has 28 heavy (non-hydrogen) atoms. The minimum Gasteiger partial charge on any atom is -0.356 e. The van der Waals surface area contributed by atoms with Crippen LogP contribution in [0.25, 0.3) is 23.1 Å². The molecule has 1 fully saturated rings. The fourth-order valence-corrected chi connectivity index (χ4v) is 3.57. The predicted octanol–water partition coefficient (Wildman–Crippen LogP) is 5.35. The summed E-state index contributed by atoms with van der Waals surface area (Å²) in [7, 11) is 0. The third kappa shape index (κ3) is 3.97. The van der Waals surface area contributed by atoms with Crippen LogP contribution in [0.1, 0.15) is 30.7 Å². The maximum atomic E-state index is 10.8. The minimum absolute atomic E-state index is 0.0705. The lowest BCUT2D eigenvalue weighted by molar-refractivity contribution is -0.384. The summed E-state index contributed by atoms with van der Waals surface area (Å²) in [5, 5.41) is 12.4. The van der Waals surface area contributed by atoms with Crippen LogP contribution in [0.2, 0.25) is 5.02 Å². The molecule has 0 aliphatic carbocycles. The molecule has 0 radical (unpaired) electrons. The van der Waals surface area contributed by atoms with Gasteiger partial charge in [0.25, 0.3) is 5.69 Å². The van der Waals surface area contributed by atoms with Crippen LogP contribution in [-0.2, 0) is 0 Å². The highest BCUT2D eigenvalue weighted by Gasteiger charge is 2.16. The van der Waals surface area contributed by atoms with E-state index in [4.69, 9.17) is 16.6 Å². The summed E-state index contributed by atoms with van der Waals surface area (Å²) in [4.78, 5) is 22.1. The molecule has 1 aromatic heterocycles. The van der Waals surface area contributed by atoms with Gasteiger partial charge in [-0.2, -0.15) is 0 Å². The molecule has 0 bridgehead atoms. The fourth-order valence-electron chi connectivity index (χ4n) is 3.40. The summed E-state index contributed by atoms with van der Waals surface area (Å²) in [6.07, 6.45) is 7.25. The van der Waals surface area contributed by atoms with Gasteiger partial charge in [-0.05, 0) is 61.2 Å². The zero-order chi connectivity index (χ0) is 19.5. The van der Waals surface area contributed by atoms with Crippen LogP contribution in [0.15, 0.2) is 42.5 Å². The summed E-state index contributed by atoms with van der Waals surface area (Å²) < 4.78 is 0. The Morgan fingerprint density at radius 2 is 1.75 bits per heavy atom. The molecule has 4 rings (SSSR count). The van der Waals surface area contributed by atoms with Crippen LogP contribution in [0.3, 0.4) is 0 Å². The van der Waals surface area contributed by atoms with Crippen molar-refractivity contribution in [2.24, 2.45) is 0 Å². The number of anilines is 1. The number of hydrogen-bond acceptors (Lipinski definition) is 5. The van der Waals surface area contributed by atoms with Gasteiger partial charge >= 0.3 is 0 Å². The molecule has 2 aromatic carbocycles. The first-order valence-corrected chi connectivity index (χ1v) is 9.63. The Labute approximate surface area is 167 Å². The van der Waals surface area contributed by atoms with Crippen molar-refractivity contribution in [1.29, 1.82) is 0 Å². The van der Waals surface area contributed by atoms with E-state index in [0.29, 0.717) is 10.8 Å². The normalized spacial score (nSPS) is 14.7. The number of hydrogen-bond donors (Lipinski definition) is 0. The molecular formula is C21H19ClN4O2. The van der Waals surface area contributed by atoms with Gasteiger partial charge in [-0.25, -0.2) is 9.97 Å². The predicted molar refractivity (Wildman–Crippen MR) is 113 cm³/mol. The van der Waals surface area contributed by atoms with Gasteiger partial charge in [-0.3, -0.25) is 10.1 Å². The molecule has 7 heteroatoms. The maximum Gasteiger partial charge on any atom is 0.269 e. The highest BCUT2D eigenvalue weighted by molar-refractivity contribution is 6.31. The summed E-state index contributed by atoms with van der Waals surface area (Å²) in [5.41, 5.74) is 1.73. The summed E-state index contributed by atoms with van der Waals surface area (Å²) >= 11 is 6.18. The lowest BCUT2D eigenvalue weighted by Gasteiger charge is -2.28. The number of nitro benzene ring substituents is 1. The number of nitro groups is 1. The number of aromatic nitrogens is 2. The van der Waals surface area contributed by atoms with Crippen LogP contribution >= 0.6 is 11.6 Å². The quantitative estimate of drug-likeness (QED) is 0.440. The lowest BCUT2D eigenvalue weighted by Crippen LogP contribution is -2.30. The van der Waals surface area contributed by atoms with Crippen LogP contribution in [-0.4, -0.2) is 28.0 Å². The first-order valence-electron chi connectivity index (χ1n) is 9.25.